The molecule has 0 amide bonds. The highest BCUT2D eigenvalue weighted by Crippen LogP contribution is 2.12. The molecule has 1 N–H and O–H groups in total. The molecule has 0 bridgehead atoms. The molecule has 0 aliphatic heterocycles. The predicted molar refractivity (Wildman–Crippen MR) is 50.6 cm³/mol. The first-order valence-corrected chi connectivity index (χ1v) is 4.43. The number of nitrogens with one attached hydrogen (secondary N) is 1. The normalized spacial score (nSPS) is 11.0. The van der Waals surface area contributed by atoms with Gasteiger partial charge in [-0.05, 0) is 11.5 Å². The second-order valence-corrected chi connectivity index (χ2v) is 3.27. The number of halogens is 2. The molecule has 0 saturated carbocycles. The number of aromatic nitrogens is 2. The number of nitrogens with zero attached hydrogens (tertiary/aromatic N) is 2. The molecule has 0 aliphatic carbocycles. The van der Waals surface area contributed by atoms with Crippen LogP contribution in [0.15, 0.2) is 12.4 Å². The van der Waals surface area contributed by atoms with Crippen molar-refractivity contribution in [3.8, 4) is 0 Å². The van der Waals surface area contributed by atoms with Crippen LogP contribution in [0.25, 0.3) is 0 Å². The predicted octanol–water partition coefficient (Wildman–Crippen LogP) is 2.28. The standard InChI is InChI=1S/C9H13F2N3/c1-6(2)7-3-12-9(13-4-7)14-5-8(10)11/h3-4,6,8H,5H2,1-2H3,(H,12,13,14). The first-order chi connectivity index (χ1) is 6.59. The summed E-state index contributed by atoms with van der Waals surface area (Å²) in [5.41, 5.74) is 0.993. The molecule has 78 valence electrons. The Hall–Kier alpha value is -1.26. The van der Waals surface area contributed by atoms with E-state index in [9.17, 15) is 8.78 Å². The number of alkyl halides is 2. The lowest BCUT2D eigenvalue weighted by Gasteiger charge is -2.06. The number of anilines is 1. The maximum Gasteiger partial charge on any atom is 0.255 e. The molecule has 1 rings (SSSR count). The summed E-state index contributed by atoms with van der Waals surface area (Å²) in [5.74, 6) is 0.592. The van der Waals surface area contributed by atoms with Gasteiger partial charge in [0.05, 0.1) is 6.54 Å². The summed E-state index contributed by atoms with van der Waals surface area (Å²) in [6.07, 6.45) is 0.903. The van der Waals surface area contributed by atoms with Crippen molar-refractivity contribution in [3.63, 3.8) is 0 Å². The van der Waals surface area contributed by atoms with Crippen molar-refractivity contribution in [1.82, 2.24) is 9.97 Å². The van der Waals surface area contributed by atoms with Gasteiger partial charge >= 0.3 is 0 Å². The maximum atomic E-state index is 11.8. The molecule has 0 aliphatic rings. The first-order valence-electron chi connectivity index (χ1n) is 4.43. The molecule has 14 heavy (non-hydrogen) atoms. The maximum absolute atomic E-state index is 11.8. The molecular formula is C9H13F2N3. The average Bonchev–Trinajstić information content (AvgIpc) is 2.15. The van der Waals surface area contributed by atoms with Crippen LogP contribution in [0.5, 0.6) is 0 Å². The van der Waals surface area contributed by atoms with E-state index in [2.05, 4.69) is 15.3 Å². The minimum absolute atomic E-state index is 0.245. The highest BCUT2D eigenvalue weighted by molar-refractivity contribution is 5.25. The van der Waals surface area contributed by atoms with Crippen LogP contribution in [-0.4, -0.2) is 22.9 Å². The summed E-state index contributed by atoms with van der Waals surface area (Å²) in [7, 11) is 0. The largest absolute Gasteiger partial charge is 0.348 e. The van der Waals surface area contributed by atoms with Gasteiger partial charge < -0.3 is 5.32 Å². The van der Waals surface area contributed by atoms with Crippen LogP contribution in [0, 0.1) is 0 Å². The third-order valence-electron chi connectivity index (χ3n) is 1.75. The molecule has 1 aromatic rings. The Morgan fingerprint density at radius 3 is 2.29 bits per heavy atom. The fraction of sp³-hybridized carbons (Fsp3) is 0.556. The van der Waals surface area contributed by atoms with E-state index in [0.717, 1.165) is 5.56 Å². The smallest absolute Gasteiger partial charge is 0.255 e. The van der Waals surface area contributed by atoms with Gasteiger partial charge in [0.2, 0.25) is 5.95 Å². The lowest BCUT2D eigenvalue weighted by molar-refractivity contribution is 0.163. The van der Waals surface area contributed by atoms with Crippen LogP contribution >= 0.6 is 0 Å². The van der Waals surface area contributed by atoms with Crippen LogP contribution in [0.2, 0.25) is 0 Å². The molecule has 0 spiro atoms. The zero-order valence-corrected chi connectivity index (χ0v) is 8.17. The van der Waals surface area contributed by atoms with E-state index in [-0.39, 0.29) is 5.95 Å². The van der Waals surface area contributed by atoms with E-state index < -0.39 is 13.0 Å². The minimum atomic E-state index is -2.39. The first kappa shape index (κ1) is 10.8. The molecule has 1 aromatic heterocycles. The Labute approximate surface area is 81.6 Å². The Morgan fingerprint density at radius 1 is 1.29 bits per heavy atom. The van der Waals surface area contributed by atoms with Crippen LogP contribution in [0.3, 0.4) is 0 Å². The van der Waals surface area contributed by atoms with E-state index >= 15 is 0 Å². The van der Waals surface area contributed by atoms with Crippen LogP contribution in [-0.2, 0) is 0 Å². The van der Waals surface area contributed by atoms with Gasteiger partial charge in [0.15, 0.2) is 0 Å². The number of hydrogen-bond donors (Lipinski definition) is 1. The van der Waals surface area contributed by atoms with Gasteiger partial charge in [-0.15, -0.1) is 0 Å². The molecule has 3 nitrogen and oxygen atoms in total. The molecule has 0 unspecified atom stereocenters. The summed E-state index contributed by atoms with van der Waals surface area (Å²) in [6.45, 7) is 3.62. The zero-order chi connectivity index (χ0) is 10.6. The highest BCUT2D eigenvalue weighted by Gasteiger charge is 2.04. The zero-order valence-electron chi connectivity index (χ0n) is 8.17. The molecule has 1 heterocycles. The summed E-state index contributed by atoms with van der Waals surface area (Å²) in [4.78, 5) is 7.83. The quantitative estimate of drug-likeness (QED) is 0.812. The fourth-order valence-corrected chi connectivity index (χ4v) is 0.896. The van der Waals surface area contributed by atoms with E-state index in [4.69, 9.17) is 0 Å². The fourth-order valence-electron chi connectivity index (χ4n) is 0.896. The van der Waals surface area contributed by atoms with Crippen molar-refractivity contribution in [1.29, 1.82) is 0 Å². The Bertz CT molecular complexity index is 272. The third kappa shape index (κ3) is 3.24. The lowest BCUT2D eigenvalue weighted by Crippen LogP contribution is -2.12. The summed E-state index contributed by atoms with van der Waals surface area (Å²) in [6, 6.07) is 0. The third-order valence-corrected chi connectivity index (χ3v) is 1.75. The Kier molecular flexibility index (Phi) is 3.73. The molecular weight excluding hydrogens is 188 g/mol. The monoisotopic (exact) mass is 201 g/mol. The van der Waals surface area contributed by atoms with Crippen LogP contribution < -0.4 is 5.32 Å². The van der Waals surface area contributed by atoms with Crippen molar-refractivity contribution in [2.45, 2.75) is 26.2 Å². The molecule has 0 fully saturated rings. The van der Waals surface area contributed by atoms with Gasteiger partial charge in [-0.1, -0.05) is 13.8 Å². The Morgan fingerprint density at radius 2 is 1.86 bits per heavy atom. The lowest BCUT2D eigenvalue weighted by atomic mass is 10.1. The second-order valence-electron chi connectivity index (χ2n) is 3.27. The van der Waals surface area contributed by atoms with Gasteiger partial charge in [0.1, 0.15) is 0 Å². The van der Waals surface area contributed by atoms with E-state index in [0.29, 0.717) is 5.92 Å². The molecule has 5 heteroatoms. The van der Waals surface area contributed by atoms with E-state index in [1.165, 1.54) is 0 Å². The van der Waals surface area contributed by atoms with Crippen LogP contribution in [0.1, 0.15) is 25.3 Å². The van der Waals surface area contributed by atoms with Gasteiger partial charge in [0.25, 0.3) is 6.43 Å². The SMILES string of the molecule is CC(C)c1cnc(NCC(F)F)nc1. The van der Waals surface area contributed by atoms with Crippen molar-refractivity contribution in [3.05, 3.63) is 18.0 Å². The summed E-state index contributed by atoms with van der Waals surface area (Å²) >= 11 is 0. The van der Waals surface area contributed by atoms with Gasteiger partial charge in [-0.2, -0.15) is 0 Å². The van der Waals surface area contributed by atoms with E-state index in [1.54, 1.807) is 12.4 Å². The molecule has 0 saturated heterocycles. The molecule has 0 radical (unpaired) electrons. The number of rotatable bonds is 4. The topological polar surface area (TPSA) is 37.8 Å². The molecule has 0 aromatic carbocycles. The summed E-state index contributed by atoms with van der Waals surface area (Å²) in [5, 5.41) is 2.44. The van der Waals surface area contributed by atoms with Gasteiger partial charge in [-0.3, -0.25) is 0 Å². The van der Waals surface area contributed by atoms with Crippen molar-refractivity contribution in [2.24, 2.45) is 0 Å². The van der Waals surface area contributed by atoms with Crippen molar-refractivity contribution < 1.29 is 8.78 Å². The van der Waals surface area contributed by atoms with Gasteiger partial charge in [-0.25, -0.2) is 18.7 Å². The van der Waals surface area contributed by atoms with E-state index in [1.807, 2.05) is 13.8 Å². The van der Waals surface area contributed by atoms with Gasteiger partial charge in [0, 0.05) is 12.4 Å². The highest BCUT2D eigenvalue weighted by atomic mass is 19.3. The second kappa shape index (κ2) is 4.83. The van der Waals surface area contributed by atoms with Crippen LogP contribution in [0.4, 0.5) is 14.7 Å². The average molecular weight is 201 g/mol. The van der Waals surface area contributed by atoms with Crippen molar-refractivity contribution in [2.75, 3.05) is 11.9 Å². The number of hydrogen-bond acceptors (Lipinski definition) is 3. The Balaban J connectivity index is 2.55. The summed E-state index contributed by atoms with van der Waals surface area (Å²) < 4.78 is 23.6. The minimum Gasteiger partial charge on any atom is -0.348 e. The molecule has 0 atom stereocenters. The van der Waals surface area contributed by atoms with Crippen molar-refractivity contribution >= 4 is 5.95 Å².